The van der Waals surface area contributed by atoms with Crippen molar-refractivity contribution < 1.29 is 4.79 Å². The van der Waals surface area contributed by atoms with E-state index in [1.165, 1.54) is 0 Å². The van der Waals surface area contributed by atoms with E-state index in [2.05, 4.69) is 20.6 Å². The molecule has 0 saturated heterocycles. The average Bonchev–Trinajstić information content (AvgIpc) is 3.33. The number of carbonyl (C=O) groups is 1. The molecule has 0 bridgehead atoms. The molecule has 0 spiro atoms. The van der Waals surface area contributed by atoms with E-state index < -0.39 is 0 Å². The molecule has 1 aliphatic rings. The van der Waals surface area contributed by atoms with Crippen LogP contribution in [0.2, 0.25) is 0 Å². The van der Waals surface area contributed by atoms with Crippen molar-refractivity contribution in [2.45, 2.75) is 25.8 Å². The molecule has 1 saturated carbocycles. The summed E-state index contributed by atoms with van der Waals surface area (Å²) >= 11 is 0. The Labute approximate surface area is 123 Å². The minimum atomic E-state index is 0.0978. The maximum absolute atomic E-state index is 11.7. The zero-order valence-corrected chi connectivity index (χ0v) is 11.9. The van der Waals surface area contributed by atoms with Gasteiger partial charge in [-0.15, -0.1) is 0 Å². The first-order valence-corrected chi connectivity index (χ1v) is 7.17. The third-order valence-electron chi connectivity index (χ3n) is 3.54. The predicted octanol–water partition coefficient (Wildman–Crippen LogP) is 3.00. The van der Waals surface area contributed by atoms with Crippen LogP contribution >= 0.6 is 0 Å². The quantitative estimate of drug-likeness (QED) is 0.884. The fourth-order valence-electron chi connectivity index (χ4n) is 2.10. The first-order valence-electron chi connectivity index (χ1n) is 7.17. The van der Waals surface area contributed by atoms with Crippen molar-refractivity contribution in [2.75, 3.05) is 10.6 Å². The van der Waals surface area contributed by atoms with E-state index >= 15 is 0 Å². The van der Waals surface area contributed by atoms with E-state index in [-0.39, 0.29) is 17.9 Å². The second-order valence-corrected chi connectivity index (χ2v) is 5.32. The summed E-state index contributed by atoms with van der Waals surface area (Å²) in [5.41, 5.74) is 1.96. The second-order valence-electron chi connectivity index (χ2n) is 5.32. The highest BCUT2D eigenvalue weighted by molar-refractivity contribution is 5.94. The Morgan fingerprint density at radius 2 is 1.86 bits per heavy atom. The van der Waals surface area contributed by atoms with Gasteiger partial charge in [-0.2, -0.15) is 0 Å². The number of rotatable bonds is 5. The summed E-state index contributed by atoms with van der Waals surface area (Å²) in [4.78, 5) is 20.0. The lowest BCUT2D eigenvalue weighted by atomic mass is 10.1. The summed E-state index contributed by atoms with van der Waals surface area (Å²) in [5.74, 6) is 0.961. The summed E-state index contributed by atoms with van der Waals surface area (Å²) in [7, 11) is 0. The highest BCUT2D eigenvalue weighted by Gasteiger charge is 2.29. The van der Waals surface area contributed by atoms with E-state index in [4.69, 9.17) is 0 Å². The molecule has 1 aliphatic carbocycles. The lowest BCUT2D eigenvalue weighted by Gasteiger charge is -2.14. The highest BCUT2D eigenvalue weighted by Crippen LogP contribution is 2.30. The number of nitrogens with zero attached hydrogens (tertiary/aromatic N) is 2. The fraction of sp³-hybridized carbons (Fsp3) is 0.312. The van der Waals surface area contributed by atoms with Gasteiger partial charge in [0.2, 0.25) is 11.9 Å². The van der Waals surface area contributed by atoms with Crippen LogP contribution in [0.25, 0.3) is 0 Å². The highest BCUT2D eigenvalue weighted by atomic mass is 16.2. The molecule has 1 atom stereocenters. The van der Waals surface area contributed by atoms with Crippen molar-refractivity contribution in [3.05, 3.63) is 48.3 Å². The zero-order valence-electron chi connectivity index (χ0n) is 11.9. The van der Waals surface area contributed by atoms with Gasteiger partial charge in [-0.05, 0) is 43.5 Å². The summed E-state index contributed by atoms with van der Waals surface area (Å²) < 4.78 is 0. The largest absolute Gasteiger partial charge is 0.348 e. The normalized spacial score (nSPS) is 15.3. The zero-order chi connectivity index (χ0) is 14.7. The predicted molar refractivity (Wildman–Crippen MR) is 81.9 cm³/mol. The summed E-state index contributed by atoms with van der Waals surface area (Å²) in [5, 5.41) is 6.17. The van der Waals surface area contributed by atoms with E-state index in [1.807, 2.05) is 31.2 Å². The van der Waals surface area contributed by atoms with E-state index in [0.717, 1.165) is 24.1 Å². The van der Waals surface area contributed by atoms with Crippen LogP contribution in [0.15, 0.2) is 42.7 Å². The van der Waals surface area contributed by atoms with Gasteiger partial charge in [0, 0.05) is 24.0 Å². The summed E-state index contributed by atoms with van der Waals surface area (Å²) in [6.07, 6.45) is 5.45. The molecule has 5 heteroatoms. The van der Waals surface area contributed by atoms with Crippen LogP contribution in [0.5, 0.6) is 0 Å². The Balaban J connectivity index is 1.61. The van der Waals surface area contributed by atoms with Crippen molar-refractivity contribution in [1.29, 1.82) is 0 Å². The molecule has 2 N–H and O–H groups in total. The molecule has 0 radical (unpaired) electrons. The van der Waals surface area contributed by atoms with E-state index in [9.17, 15) is 4.79 Å². The fourth-order valence-corrected chi connectivity index (χ4v) is 2.10. The van der Waals surface area contributed by atoms with E-state index in [1.54, 1.807) is 18.5 Å². The van der Waals surface area contributed by atoms with Gasteiger partial charge in [0.15, 0.2) is 0 Å². The Morgan fingerprint density at radius 1 is 1.19 bits per heavy atom. The molecule has 2 aromatic rings. The smallest absolute Gasteiger partial charge is 0.227 e. The van der Waals surface area contributed by atoms with Crippen LogP contribution in [0.4, 0.5) is 11.6 Å². The number of amides is 1. The van der Waals surface area contributed by atoms with Gasteiger partial charge in [0.1, 0.15) is 0 Å². The summed E-state index contributed by atoms with van der Waals surface area (Å²) in [6, 6.07) is 9.75. The molecule has 1 aromatic carbocycles. The first kappa shape index (κ1) is 13.5. The number of benzene rings is 1. The van der Waals surface area contributed by atoms with Gasteiger partial charge in [0.05, 0.1) is 6.04 Å². The monoisotopic (exact) mass is 282 g/mol. The Morgan fingerprint density at radius 3 is 2.48 bits per heavy atom. The van der Waals surface area contributed by atoms with Gasteiger partial charge < -0.3 is 10.6 Å². The molecule has 3 rings (SSSR count). The van der Waals surface area contributed by atoms with Gasteiger partial charge in [-0.1, -0.05) is 12.1 Å². The number of nitrogens with one attached hydrogen (secondary N) is 2. The number of hydrogen-bond acceptors (Lipinski definition) is 4. The van der Waals surface area contributed by atoms with Crippen LogP contribution in [0.3, 0.4) is 0 Å². The van der Waals surface area contributed by atoms with Gasteiger partial charge >= 0.3 is 0 Å². The van der Waals surface area contributed by atoms with Crippen molar-refractivity contribution in [2.24, 2.45) is 5.92 Å². The molecule has 1 amide bonds. The molecule has 1 fully saturated rings. The first-order chi connectivity index (χ1) is 10.2. The Hall–Kier alpha value is -2.43. The lowest BCUT2D eigenvalue weighted by molar-refractivity contribution is -0.117. The van der Waals surface area contributed by atoms with Crippen LogP contribution in [-0.2, 0) is 4.79 Å². The van der Waals surface area contributed by atoms with Crippen LogP contribution < -0.4 is 10.6 Å². The van der Waals surface area contributed by atoms with Gasteiger partial charge in [-0.3, -0.25) is 4.79 Å². The van der Waals surface area contributed by atoms with Crippen molar-refractivity contribution in [1.82, 2.24) is 9.97 Å². The van der Waals surface area contributed by atoms with Crippen molar-refractivity contribution in [3.8, 4) is 0 Å². The minimum Gasteiger partial charge on any atom is -0.348 e. The second kappa shape index (κ2) is 5.91. The molecule has 0 unspecified atom stereocenters. The molecule has 1 heterocycles. The van der Waals surface area contributed by atoms with Crippen molar-refractivity contribution >= 4 is 17.5 Å². The molecule has 108 valence electrons. The topological polar surface area (TPSA) is 66.9 Å². The number of carbonyl (C=O) groups excluding carboxylic acids is 1. The number of hydrogen-bond donors (Lipinski definition) is 2. The molecule has 0 aliphatic heterocycles. The van der Waals surface area contributed by atoms with Crippen molar-refractivity contribution in [3.63, 3.8) is 0 Å². The third-order valence-corrected chi connectivity index (χ3v) is 3.54. The molecular formula is C16H18N4O. The number of anilines is 2. The molecule has 5 nitrogen and oxygen atoms in total. The number of aromatic nitrogens is 2. The minimum absolute atomic E-state index is 0.0978. The standard InChI is InChI=1S/C16H18N4O/c1-11(19-16-17-9-2-10-18-16)12-5-7-14(8-6-12)20-15(21)13-3-4-13/h2,5-11,13H,3-4H2,1H3,(H,20,21)(H,17,18,19)/t11-/m0/s1. The maximum atomic E-state index is 11.7. The molecule has 21 heavy (non-hydrogen) atoms. The third kappa shape index (κ3) is 3.56. The van der Waals surface area contributed by atoms with Crippen LogP contribution in [0.1, 0.15) is 31.4 Å². The Bertz CT molecular complexity index is 608. The Kier molecular flexibility index (Phi) is 3.81. The van der Waals surface area contributed by atoms with Gasteiger partial charge in [0.25, 0.3) is 0 Å². The SMILES string of the molecule is C[C@H](Nc1ncccn1)c1ccc(NC(=O)C2CC2)cc1. The molecular weight excluding hydrogens is 264 g/mol. The van der Waals surface area contributed by atoms with E-state index in [0.29, 0.717) is 5.95 Å². The van der Waals surface area contributed by atoms with Crippen LogP contribution in [0, 0.1) is 5.92 Å². The molecule has 1 aromatic heterocycles. The lowest BCUT2D eigenvalue weighted by Crippen LogP contribution is -2.13. The average molecular weight is 282 g/mol. The van der Waals surface area contributed by atoms with Gasteiger partial charge in [-0.25, -0.2) is 9.97 Å². The maximum Gasteiger partial charge on any atom is 0.227 e. The van der Waals surface area contributed by atoms with Crippen LogP contribution in [-0.4, -0.2) is 15.9 Å². The summed E-state index contributed by atoms with van der Waals surface area (Å²) in [6.45, 7) is 2.05.